The molecule has 0 bridgehead atoms. The number of nitrogens with zero attached hydrogens (tertiary/aromatic N) is 2. The molecule has 0 unspecified atom stereocenters. The van der Waals surface area contributed by atoms with Crippen LogP contribution in [0, 0.1) is 0 Å². The van der Waals surface area contributed by atoms with Crippen LogP contribution >= 0.6 is 0 Å². The van der Waals surface area contributed by atoms with E-state index >= 15 is 0 Å². The molecule has 4 N–H and O–H groups in total. The second kappa shape index (κ2) is 4.88. The summed E-state index contributed by atoms with van der Waals surface area (Å²) in [4.78, 5) is 3.79. The predicted molar refractivity (Wildman–Crippen MR) is 72.1 cm³/mol. The first-order valence-electron chi connectivity index (χ1n) is 5.68. The van der Waals surface area contributed by atoms with Crippen LogP contribution in [0.15, 0.2) is 29.3 Å². The third-order valence-electron chi connectivity index (χ3n) is 2.53. The molecule has 19 heavy (non-hydrogen) atoms. The molecule has 2 aromatic heterocycles. The molecule has 0 aromatic carbocycles. The van der Waals surface area contributed by atoms with Crippen molar-refractivity contribution < 1.29 is 8.42 Å². The van der Waals surface area contributed by atoms with Gasteiger partial charge < -0.3 is 5.73 Å². The number of sulfonamides is 1. The van der Waals surface area contributed by atoms with Crippen molar-refractivity contribution in [1.82, 2.24) is 15.2 Å². The number of nitrogen functional groups attached to an aromatic ring is 1. The Bertz CT molecular complexity index is 661. The number of pyridine rings is 1. The number of aromatic amines is 1. The van der Waals surface area contributed by atoms with Crippen LogP contribution in [0.3, 0.4) is 0 Å². The van der Waals surface area contributed by atoms with E-state index in [1.54, 1.807) is 6.07 Å². The average molecular weight is 281 g/mol. The Morgan fingerprint density at radius 1 is 1.37 bits per heavy atom. The SMILES string of the molecule is CC(C)c1cc(NS(=O)(=O)c2ccc(N)nc2)n[nH]1. The summed E-state index contributed by atoms with van der Waals surface area (Å²) < 4.78 is 26.5. The van der Waals surface area contributed by atoms with Crippen molar-refractivity contribution in [2.24, 2.45) is 0 Å². The Labute approximate surface area is 111 Å². The molecule has 0 saturated heterocycles. The number of hydrogen-bond acceptors (Lipinski definition) is 5. The molecule has 0 aliphatic carbocycles. The van der Waals surface area contributed by atoms with Crippen molar-refractivity contribution in [3.63, 3.8) is 0 Å². The summed E-state index contributed by atoms with van der Waals surface area (Å²) in [5, 5.41) is 6.68. The van der Waals surface area contributed by atoms with Crippen LogP contribution in [0.25, 0.3) is 0 Å². The third-order valence-corrected chi connectivity index (χ3v) is 3.87. The number of hydrogen-bond donors (Lipinski definition) is 3. The molecule has 0 radical (unpaired) electrons. The Hall–Kier alpha value is -2.09. The van der Waals surface area contributed by atoms with Crippen LogP contribution in [0.1, 0.15) is 25.5 Å². The highest BCUT2D eigenvalue weighted by Gasteiger charge is 2.16. The van der Waals surface area contributed by atoms with Gasteiger partial charge in [0.1, 0.15) is 10.7 Å². The number of rotatable bonds is 4. The van der Waals surface area contributed by atoms with Crippen molar-refractivity contribution in [3.05, 3.63) is 30.1 Å². The highest BCUT2D eigenvalue weighted by Crippen LogP contribution is 2.18. The Morgan fingerprint density at radius 3 is 2.63 bits per heavy atom. The van der Waals surface area contributed by atoms with E-state index in [1.165, 1.54) is 18.3 Å². The van der Waals surface area contributed by atoms with E-state index in [9.17, 15) is 8.42 Å². The van der Waals surface area contributed by atoms with E-state index < -0.39 is 10.0 Å². The van der Waals surface area contributed by atoms with E-state index in [2.05, 4.69) is 19.9 Å². The maximum absolute atomic E-state index is 12.0. The van der Waals surface area contributed by atoms with Gasteiger partial charge in [0, 0.05) is 18.0 Å². The van der Waals surface area contributed by atoms with Gasteiger partial charge in [-0.05, 0) is 18.1 Å². The molecule has 8 heteroatoms. The first-order chi connectivity index (χ1) is 8.88. The number of nitrogens with two attached hydrogens (primary N) is 1. The second-order valence-corrected chi connectivity index (χ2v) is 6.07. The maximum atomic E-state index is 12.0. The van der Waals surface area contributed by atoms with Crippen LogP contribution in [0.4, 0.5) is 11.6 Å². The Morgan fingerprint density at radius 2 is 2.11 bits per heavy atom. The fraction of sp³-hybridized carbons (Fsp3) is 0.273. The van der Waals surface area contributed by atoms with Crippen LogP contribution in [-0.4, -0.2) is 23.6 Å². The monoisotopic (exact) mass is 281 g/mol. The molecule has 0 aliphatic rings. The van der Waals surface area contributed by atoms with Crippen LogP contribution in [0.5, 0.6) is 0 Å². The van der Waals surface area contributed by atoms with Gasteiger partial charge in [0.05, 0.1) is 0 Å². The molecular formula is C11H15N5O2S. The lowest BCUT2D eigenvalue weighted by Gasteiger charge is -2.04. The van der Waals surface area contributed by atoms with Crippen molar-refractivity contribution >= 4 is 21.7 Å². The van der Waals surface area contributed by atoms with Crippen molar-refractivity contribution in [1.29, 1.82) is 0 Å². The smallest absolute Gasteiger partial charge is 0.264 e. The van der Waals surface area contributed by atoms with Crippen LogP contribution in [-0.2, 0) is 10.0 Å². The Balaban J connectivity index is 2.23. The largest absolute Gasteiger partial charge is 0.384 e. The van der Waals surface area contributed by atoms with Gasteiger partial charge in [-0.15, -0.1) is 0 Å². The van der Waals surface area contributed by atoms with Gasteiger partial charge in [0.25, 0.3) is 10.0 Å². The van der Waals surface area contributed by atoms with E-state index in [-0.39, 0.29) is 22.4 Å². The zero-order valence-corrected chi connectivity index (χ0v) is 11.4. The minimum atomic E-state index is -3.69. The molecule has 2 rings (SSSR count). The number of H-pyrrole nitrogens is 1. The Kier molecular flexibility index (Phi) is 3.43. The first kappa shape index (κ1) is 13.3. The zero-order valence-electron chi connectivity index (χ0n) is 10.6. The van der Waals surface area contributed by atoms with Gasteiger partial charge in [-0.1, -0.05) is 13.8 Å². The predicted octanol–water partition coefficient (Wildman–Crippen LogP) is 1.31. The molecule has 0 spiro atoms. The summed E-state index contributed by atoms with van der Waals surface area (Å²) in [6.45, 7) is 3.96. The van der Waals surface area contributed by atoms with Gasteiger partial charge in [-0.3, -0.25) is 9.82 Å². The second-order valence-electron chi connectivity index (χ2n) is 4.39. The number of anilines is 2. The minimum Gasteiger partial charge on any atom is -0.384 e. The van der Waals surface area contributed by atoms with Crippen LogP contribution < -0.4 is 10.5 Å². The summed E-state index contributed by atoms with van der Waals surface area (Å²) in [5.41, 5.74) is 6.27. The first-order valence-corrected chi connectivity index (χ1v) is 7.16. The lowest BCUT2D eigenvalue weighted by Crippen LogP contribution is -2.13. The molecule has 0 amide bonds. The number of nitrogens with one attached hydrogen (secondary N) is 2. The normalized spacial score (nSPS) is 11.7. The molecule has 2 heterocycles. The van der Waals surface area contributed by atoms with E-state index in [0.29, 0.717) is 0 Å². The summed E-state index contributed by atoms with van der Waals surface area (Å²) in [6.07, 6.45) is 1.20. The van der Waals surface area contributed by atoms with E-state index in [1.807, 2.05) is 13.8 Å². The molecule has 7 nitrogen and oxygen atoms in total. The quantitative estimate of drug-likeness (QED) is 0.781. The maximum Gasteiger partial charge on any atom is 0.264 e. The van der Waals surface area contributed by atoms with Gasteiger partial charge in [0.2, 0.25) is 0 Å². The molecular weight excluding hydrogens is 266 g/mol. The highest BCUT2D eigenvalue weighted by atomic mass is 32.2. The molecule has 0 saturated carbocycles. The molecule has 0 aliphatic heterocycles. The standard InChI is InChI=1S/C11H15N5O2S/c1-7(2)9-5-11(15-14-9)16-19(17,18)8-3-4-10(12)13-6-8/h3-7H,1-2H3,(H2,12,13)(H2,14,15,16). The lowest BCUT2D eigenvalue weighted by atomic mass is 10.1. The average Bonchev–Trinajstić information content (AvgIpc) is 2.77. The molecule has 2 aromatic rings. The topological polar surface area (TPSA) is 114 Å². The molecule has 102 valence electrons. The van der Waals surface area contributed by atoms with Crippen molar-refractivity contribution in [2.45, 2.75) is 24.7 Å². The van der Waals surface area contributed by atoms with Gasteiger partial charge >= 0.3 is 0 Å². The highest BCUT2D eigenvalue weighted by molar-refractivity contribution is 7.92. The molecule has 0 atom stereocenters. The summed E-state index contributed by atoms with van der Waals surface area (Å²) >= 11 is 0. The fourth-order valence-electron chi connectivity index (χ4n) is 1.43. The van der Waals surface area contributed by atoms with E-state index in [0.717, 1.165) is 5.69 Å². The summed E-state index contributed by atoms with van der Waals surface area (Å²) in [5.74, 6) is 0.755. The lowest BCUT2D eigenvalue weighted by molar-refractivity contribution is 0.600. The zero-order chi connectivity index (χ0) is 14.0. The minimum absolute atomic E-state index is 0.0378. The third kappa shape index (κ3) is 3.02. The summed E-state index contributed by atoms with van der Waals surface area (Å²) in [6, 6.07) is 4.48. The van der Waals surface area contributed by atoms with Crippen molar-refractivity contribution in [2.75, 3.05) is 10.5 Å². The van der Waals surface area contributed by atoms with Gasteiger partial charge in [-0.2, -0.15) is 5.10 Å². The van der Waals surface area contributed by atoms with Crippen molar-refractivity contribution in [3.8, 4) is 0 Å². The summed E-state index contributed by atoms with van der Waals surface area (Å²) in [7, 11) is -3.69. The van der Waals surface area contributed by atoms with Crippen LogP contribution in [0.2, 0.25) is 0 Å². The van der Waals surface area contributed by atoms with Gasteiger partial charge in [-0.25, -0.2) is 13.4 Å². The number of aromatic nitrogens is 3. The fourth-order valence-corrected chi connectivity index (χ4v) is 2.37. The molecule has 0 fully saturated rings. The van der Waals surface area contributed by atoms with E-state index in [4.69, 9.17) is 5.73 Å². The van der Waals surface area contributed by atoms with Gasteiger partial charge in [0.15, 0.2) is 5.82 Å².